The number of hydrogen-bond acceptors (Lipinski definition) is 2. The molecule has 0 aliphatic rings. The van der Waals surface area contributed by atoms with Crippen LogP contribution >= 0.6 is 0 Å². The molecule has 2 rings (SSSR count). The number of rotatable bonds is 2. The Hall–Kier alpha value is -1.71. The Bertz CT molecular complexity index is 485. The number of halogens is 2. The average Bonchev–Trinajstić information content (AvgIpc) is 2.27. The first-order valence-electron chi connectivity index (χ1n) is 4.42. The smallest absolute Gasteiger partial charge is 0.263 e. The topological polar surface area (TPSA) is 22.1 Å². The van der Waals surface area contributed by atoms with Gasteiger partial charge in [-0.3, -0.25) is 4.98 Å². The van der Waals surface area contributed by atoms with Gasteiger partial charge in [0, 0.05) is 10.9 Å². The monoisotopic (exact) mass is 209 g/mol. The predicted octanol–water partition coefficient (Wildman–Crippen LogP) is 3.18. The van der Waals surface area contributed by atoms with Gasteiger partial charge in [-0.25, -0.2) is 8.78 Å². The minimum absolute atomic E-state index is 0.00227. The van der Waals surface area contributed by atoms with E-state index in [1.54, 1.807) is 18.3 Å². The Balaban J connectivity index is 2.57. The summed E-state index contributed by atoms with van der Waals surface area (Å²) in [6, 6.07) is 6.08. The van der Waals surface area contributed by atoms with Gasteiger partial charge in [-0.05, 0) is 18.2 Å². The molecule has 1 heterocycles. The van der Waals surface area contributed by atoms with E-state index in [1.165, 1.54) is 19.2 Å². The summed E-state index contributed by atoms with van der Waals surface area (Å²) in [5.41, 5.74) is 0.678. The molecule has 2 nitrogen and oxygen atoms in total. The molecule has 2 aromatic rings. The molecule has 0 bridgehead atoms. The van der Waals surface area contributed by atoms with E-state index in [0.29, 0.717) is 16.7 Å². The van der Waals surface area contributed by atoms with Crippen molar-refractivity contribution in [2.24, 2.45) is 0 Å². The highest BCUT2D eigenvalue weighted by Crippen LogP contribution is 2.24. The molecule has 0 aliphatic carbocycles. The van der Waals surface area contributed by atoms with Crippen LogP contribution in [-0.4, -0.2) is 12.1 Å². The Morgan fingerprint density at radius 1 is 1.27 bits per heavy atom. The van der Waals surface area contributed by atoms with Crippen LogP contribution in [0.15, 0.2) is 30.5 Å². The summed E-state index contributed by atoms with van der Waals surface area (Å²) >= 11 is 0. The quantitative estimate of drug-likeness (QED) is 0.757. The Labute approximate surface area is 85.5 Å². The minimum Gasteiger partial charge on any atom is -0.495 e. The zero-order valence-electron chi connectivity index (χ0n) is 8.08. The highest BCUT2D eigenvalue weighted by molar-refractivity contribution is 5.80. The van der Waals surface area contributed by atoms with Gasteiger partial charge in [-0.2, -0.15) is 0 Å². The maximum atomic E-state index is 12.4. The highest BCUT2D eigenvalue weighted by Gasteiger charge is 2.07. The van der Waals surface area contributed by atoms with Gasteiger partial charge in [0.25, 0.3) is 6.43 Å². The summed E-state index contributed by atoms with van der Waals surface area (Å²) in [6.45, 7) is 0. The zero-order valence-corrected chi connectivity index (χ0v) is 8.08. The van der Waals surface area contributed by atoms with Crippen molar-refractivity contribution in [3.05, 3.63) is 36.0 Å². The van der Waals surface area contributed by atoms with E-state index in [0.717, 1.165) is 0 Å². The summed E-state index contributed by atoms with van der Waals surface area (Å²) < 4.78 is 29.8. The molecule has 15 heavy (non-hydrogen) atoms. The van der Waals surface area contributed by atoms with E-state index in [2.05, 4.69) is 4.98 Å². The summed E-state index contributed by atoms with van der Waals surface area (Å²) in [5, 5.41) is 0.659. The first kappa shape index (κ1) is 9.83. The summed E-state index contributed by atoms with van der Waals surface area (Å²) in [7, 11) is 1.51. The molecule has 0 fully saturated rings. The molecule has 1 aromatic heterocycles. The molecule has 4 heteroatoms. The first-order chi connectivity index (χ1) is 7.20. The number of aromatic nitrogens is 1. The number of fused-ring (bicyclic) bond motifs is 1. The Morgan fingerprint density at radius 2 is 2.07 bits per heavy atom. The van der Waals surface area contributed by atoms with Gasteiger partial charge in [0.05, 0.1) is 18.8 Å². The SMILES string of the molecule is COc1cnc2ccc(C(F)F)cc2c1. The third-order valence-corrected chi connectivity index (χ3v) is 2.17. The third-order valence-electron chi connectivity index (χ3n) is 2.17. The van der Waals surface area contributed by atoms with Gasteiger partial charge in [0.15, 0.2) is 0 Å². The molecule has 0 saturated carbocycles. The van der Waals surface area contributed by atoms with E-state index >= 15 is 0 Å². The van der Waals surface area contributed by atoms with Crippen molar-refractivity contribution < 1.29 is 13.5 Å². The Morgan fingerprint density at radius 3 is 2.73 bits per heavy atom. The van der Waals surface area contributed by atoms with E-state index in [1.807, 2.05) is 0 Å². The molecule has 0 unspecified atom stereocenters. The van der Waals surface area contributed by atoms with E-state index in [-0.39, 0.29) is 5.56 Å². The van der Waals surface area contributed by atoms with E-state index < -0.39 is 6.43 Å². The van der Waals surface area contributed by atoms with E-state index in [9.17, 15) is 8.78 Å². The molecule has 0 radical (unpaired) electrons. The van der Waals surface area contributed by atoms with Gasteiger partial charge in [0.2, 0.25) is 0 Å². The van der Waals surface area contributed by atoms with Gasteiger partial charge < -0.3 is 4.74 Å². The van der Waals surface area contributed by atoms with Crippen molar-refractivity contribution in [3.8, 4) is 5.75 Å². The summed E-state index contributed by atoms with van der Waals surface area (Å²) in [5.74, 6) is 0.564. The van der Waals surface area contributed by atoms with Crippen molar-refractivity contribution in [2.45, 2.75) is 6.43 Å². The maximum absolute atomic E-state index is 12.4. The van der Waals surface area contributed by atoms with Crippen LogP contribution in [0.1, 0.15) is 12.0 Å². The van der Waals surface area contributed by atoms with Crippen LogP contribution in [-0.2, 0) is 0 Å². The number of methoxy groups -OCH3 is 1. The number of pyridine rings is 1. The molecule has 0 amide bonds. The fraction of sp³-hybridized carbons (Fsp3) is 0.182. The average molecular weight is 209 g/mol. The van der Waals surface area contributed by atoms with Crippen LogP contribution in [0.2, 0.25) is 0 Å². The van der Waals surface area contributed by atoms with Crippen LogP contribution < -0.4 is 4.74 Å². The summed E-state index contributed by atoms with van der Waals surface area (Å²) in [6.07, 6.45) is -0.898. The lowest BCUT2D eigenvalue weighted by atomic mass is 10.1. The molecule has 0 aliphatic heterocycles. The van der Waals surface area contributed by atoms with Crippen LogP contribution in [0, 0.1) is 0 Å². The highest BCUT2D eigenvalue weighted by atomic mass is 19.3. The molecule has 0 spiro atoms. The van der Waals surface area contributed by atoms with Crippen LogP contribution in [0.3, 0.4) is 0 Å². The van der Waals surface area contributed by atoms with Gasteiger partial charge >= 0.3 is 0 Å². The maximum Gasteiger partial charge on any atom is 0.263 e. The lowest BCUT2D eigenvalue weighted by Gasteiger charge is -2.04. The van der Waals surface area contributed by atoms with Crippen molar-refractivity contribution in [2.75, 3.05) is 7.11 Å². The lowest BCUT2D eigenvalue weighted by Crippen LogP contribution is -1.88. The molecule has 0 atom stereocenters. The standard InChI is InChI=1S/C11H9F2NO/c1-15-9-5-8-4-7(11(12)13)2-3-10(8)14-6-9/h2-6,11H,1H3. The van der Waals surface area contributed by atoms with Crippen LogP contribution in [0.25, 0.3) is 10.9 Å². The second-order valence-electron chi connectivity index (χ2n) is 3.13. The fourth-order valence-corrected chi connectivity index (χ4v) is 1.38. The van der Waals surface area contributed by atoms with Crippen LogP contribution in [0.5, 0.6) is 5.75 Å². The number of ether oxygens (including phenoxy) is 1. The molecule has 0 saturated heterocycles. The Kier molecular flexibility index (Phi) is 2.49. The van der Waals surface area contributed by atoms with Gasteiger partial charge in [0.1, 0.15) is 5.75 Å². The van der Waals surface area contributed by atoms with Crippen molar-refractivity contribution in [3.63, 3.8) is 0 Å². The predicted molar refractivity (Wildman–Crippen MR) is 53.3 cm³/mol. The van der Waals surface area contributed by atoms with Gasteiger partial charge in [-0.1, -0.05) is 6.07 Å². The number of benzene rings is 1. The van der Waals surface area contributed by atoms with Gasteiger partial charge in [-0.15, -0.1) is 0 Å². The molecule has 1 aromatic carbocycles. The van der Waals surface area contributed by atoms with Crippen molar-refractivity contribution in [1.82, 2.24) is 4.98 Å². The lowest BCUT2D eigenvalue weighted by molar-refractivity contribution is 0.151. The minimum atomic E-state index is -2.46. The largest absolute Gasteiger partial charge is 0.495 e. The number of hydrogen-bond donors (Lipinski definition) is 0. The number of nitrogens with zero attached hydrogens (tertiary/aromatic N) is 1. The fourth-order valence-electron chi connectivity index (χ4n) is 1.38. The number of alkyl halides is 2. The van der Waals surface area contributed by atoms with E-state index in [4.69, 9.17) is 4.74 Å². The first-order valence-corrected chi connectivity index (χ1v) is 4.42. The molecule has 0 N–H and O–H groups in total. The van der Waals surface area contributed by atoms with Crippen molar-refractivity contribution in [1.29, 1.82) is 0 Å². The van der Waals surface area contributed by atoms with Crippen molar-refractivity contribution >= 4 is 10.9 Å². The third kappa shape index (κ3) is 1.88. The second kappa shape index (κ2) is 3.81. The van der Waals surface area contributed by atoms with Crippen LogP contribution in [0.4, 0.5) is 8.78 Å². The summed E-state index contributed by atoms with van der Waals surface area (Å²) in [4.78, 5) is 4.08. The molecular formula is C11H9F2NO. The molecular weight excluding hydrogens is 200 g/mol. The zero-order chi connectivity index (χ0) is 10.8. The second-order valence-corrected chi connectivity index (χ2v) is 3.13. The molecule has 78 valence electrons. The normalized spacial score (nSPS) is 10.9.